The van der Waals surface area contributed by atoms with E-state index in [4.69, 9.17) is 4.98 Å². The second-order valence-corrected chi connectivity index (χ2v) is 12.1. The lowest BCUT2D eigenvalue weighted by Gasteiger charge is -2.28. The molecule has 0 saturated carbocycles. The lowest BCUT2D eigenvalue weighted by Crippen LogP contribution is -2.47. The average molecular weight is 513 g/mol. The molecule has 5 rings (SSSR count). The number of hydrogen-bond donors (Lipinski definition) is 0. The summed E-state index contributed by atoms with van der Waals surface area (Å²) in [5.74, 6) is -0.264. The largest absolute Gasteiger partial charge is 0.281 e. The number of carbonyl (C=O) groups is 1. The van der Waals surface area contributed by atoms with Crippen molar-refractivity contribution < 1.29 is 13.2 Å². The molecular weight excluding hydrogens is 488 g/mol. The SMILES string of the molecule is CCc1cccc2sc(N(Cc3ccccn3)C(=O)[C@@H]3CCCN3S(=O)(=O)c3cccs3)nc12. The number of rotatable bonds is 7. The summed E-state index contributed by atoms with van der Waals surface area (Å²) in [6.45, 7) is 2.63. The zero-order chi connectivity index (χ0) is 23.7. The Hall–Kier alpha value is -2.66. The van der Waals surface area contributed by atoms with Crippen molar-refractivity contribution in [1.29, 1.82) is 0 Å². The Labute approximate surface area is 206 Å². The molecule has 34 heavy (non-hydrogen) atoms. The number of fused-ring (bicyclic) bond motifs is 1. The summed E-state index contributed by atoms with van der Waals surface area (Å²) in [4.78, 5) is 24.8. The van der Waals surface area contributed by atoms with Gasteiger partial charge in [0.25, 0.3) is 10.0 Å². The topological polar surface area (TPSA) is 83.5 Å². The molecule has 0 N–H and O–H groups in total. The first-order valence-corrected chi connectivity index (χ1v) is 14.3. The monoisotopic (exact) mass is 512 g/mol. The number of benzene rings is 1. The van der Waals surface area contributed by atoms with Crippen LogP contribution < -0.4 is 4.90 Å². The van der Waals surface area contributed by atoms with Crippen molar-refractivity contribution in [2.75, 3.05) is 11.4 Å². The maximum Gasteiger partial charge on any atom is 0.253 e. The highest BCUT2D eigenvalue weighted by molar-refractivity contribution is 7.91. The third-order valence-corrected chi connectivity index (χ3v) is 10.3. The zero-order valence-corrected chi connectivity index (χ0v) is 21.1. The first kappa shape index (κ1) is 23.1. The number of pyridine rings is 1. The van der Waals surface area contributed by atoms with E-state index in [1.54, 1.807) is 28.6 Å². The van der Waals surface area contributed by atoms with E-state index < -0.39 is 16.1 Å². The van der Waals surface area contributed by atoms with Crippen LogP contribution in [0.15, 0.2) is 64.3 Å². The van der Waals surface area contributed by atoms with E-state index in [1.165, 1.54) is 27.0 Å². The Bertz CT molecular complexity index is 1400. The van der Waals surface area contributed by atoms with Crippen LogP contribution in [0.4, 0.5) is 5.13 Å². The highest BCUT2D eigenvalue weighted by Gasteiger charge is 2.42. The number of thiophene rings is 1. The number of sulfonamides is 1. The summed E-state index contributed by atoms with van der Waals surface area (Å²) < 4.78 is 29.2. The number of para-hydroxylation sites is 1. The van der Waals surface area contributed by atoms with Crippen molar-refractivity contribution in [3.05, 3.63) is 71.4 Å². The highest BCUT2D eigenvalue weighted by Crippen LogP contribution is 2.35. The van der Waals surface area contributed by atoms with Crippen LogP contribution in [0.25, 0.3) is 10.2 Å². The molecule has 1 saturated heterocycles. The molecule has 1 aliphatic heterocycles. The van der Waals surface area contributed by atoms with E-state index in [-0.39, 0.29) is 16.7 Å². The fraction of sp³-hybridized carbons (Fsp3) is 0.292. The standard InChI is InChI=1S/C24H24N4O3S3/c1-2-17-8-5-11-20-22(17)26-24(33-20)27(16-18-9-3-4-13-25-18)23(29)19-10-6-14-28(19)34(30,31)21-12-7-15-32-21/h3-5,7-9,11-13,15,19H,2,6,10,14,16H2,1H3/t19-/m0/s1. The normalized spacial score (nSPS) is 16.8. The minimum Gasteiger partial charge on any atom is -0.281 e. The van der Waals surface area contributed by atoms with E-state index in [2.05, 4.69) is 11.9 Å². The lowest BCUT2D eigenvalue weighted by atomic mass is 10.1. The molecule has 1 atom stereocenters. The molecule has 0 bridgehead atoms. The summed E-state index contributed by atoms with van der Waals surface area (Å²) >= 11 is 2.62. The van der Waals surface area contributed by atoms with Crippen molar-refractivity contribution in [2.24, 2.45) is 0 Å². The molecule has 0 unspecified atom stereocenters. The number of carbonyl (C=O) groups excluding carboxylic acids is 1. The van der Waals surface area contributed by atoms with Crippen molar-refractivity contribution in [2.45, 2.75) is 43.0 Å². The molecule has 176 valence electrons. The van der Waals surface area contributed by atoms with Crippen LogP contribution in [0, 0.1) is 0 Å². The summed E-state index contributed by atoms with van der Waals surface area (Å²) in [5.41, 5.74) is 2.72. The van der Waals surface area contributed by atoms with Gasteiger partial charge in [-0.05, 0) is 54.5 Å². The molecule has 1 amide bonds. The summed E-state index contributed by atoms with van der Waals surface area (Å²) in [7, 11) is -3.74. The molecular formula is C24H24N4O3S3. The van der Waals surface area contributed by atoms with Crippen molar-refractivity contribution in [1.82, 2.24) is 14.3 Å². The molecule has 10 heteroatoms. The Morgan fingerprint density at radius 3 is 2.79 bits per heavy atom. The molecule has 1 aromatic carbocycles. The van der Waals surface area contributed by atoms with Crippen LogP contribution in [-0.4, -0.2) is 41.2 Å². The van der Waals surface area contributed by atoms with Gasteiger partial charge in [-0.1, -0.05) is 42.5 Å². The van der Waals surface area contributed by atoms with Gasteiger partial charge in [0.05, 0.1) is 22.5 Å². The van der Waals surface area contributed by atoms with Crippen molar-refractivity contribution in [3.63, 3.8) is 0 Å². The second-order valence-electron chi connectivity index (χ2n) is 8.07. The van der Waals surface area contributed by atoms with E-state index in [9.17, 15) is 13.2 Å². The van der Waals surface area contributed by atoms with E-state index in [0.29, 0.717) is 24.5 Å². The minimum atomic E-state index is -3.74. The predicted molar refractivity (Wildman–Crippen MR) is 136 cm³/mol. The Morgan fingerprint density at radius 2 is 2.06 bits per heavy atom. The fourth-order valence-electron chi connectivity index (χ4n) is 4.27. The van der Waals surface area contributed by atoms with Gasteiger partial charge < -0.3 is 0 Å². The van der Waals surface area contributed by atoms with E-state index in [0.717, 1.165) is 27.9 Å². The minimum absolute atomic E-state index is 0.227. The number of amides is 1. The first-order valence-electron chi connectivity index (χ1n) is 11.1. The number of anilines is 1. The van der Waals surface area contributed by atoms with Crippen LogP contribution >= 0.6 is 22.7 Å². The van der Waals surface area contributed by atoms with Gasteiger partial charge in [-0.2, -0.15) is 4.31 Å². The first-order chi connectivity index (χ1) is 16.5. The van der Waals surface area contributed by atoms with Gasteiger partial charge >= 0.3 is 0 Å². The summed E-state index contributed by atoms with van der Waals surface area (Å²) in [6.07, 6.45) is 3.64. The maximum atomic E-state index is 14.0. The molecule has 1 aliphatic rings. The number of thiazole rings is 1. The van der Waals surface area contributed by atoms with Crippen molar-refractivity contribution >= 4 is 54.0 Å². The second kappa shape index (κ2) is 9.53. The lowest BCUT2D eigenvalue weighted by molar-refractivity contribution is -0.121. The molecule has 3 aromatic heterocycles. The van der Waals surface area contributed by atoms with Gasteiger partial charge in [0.1, 0.15) is 10.3 Å². The van der Waals surface area contributed by atoms with Gasteiger partial charge in [-0.25, -0.2) is 13.4 Å². The van der Waals surface area contributed by atoms with Gasteiger partial charge in [0.2, 0.25) is 5.91 Å². The Morgan fingerprint density at radius 1 is 1.18 bits per heavy atom. The highest BCUT2D eigenvalue weighted by atomic mass is 32.2. The van der Waals surface area contributed by atoms with Crippen LogP contribution in [0.1, 0.15) is 31.0 Å². The van der Waals surface area contributed by atoms with Crippen LogP contribution in [0.3, 0.4) is 0 Å². The van der Waals surface area contributed by atoms with Gasteiger partial charge in [-0.3, -0.25) is 14.7 Å². The quantitative estimate of drug-likeness (QED) is 0.358. The van der Waals surface area contributed by atoms with Crippen molar-refractivity contribution in [3.8, 4) is 0 Å². The molecule has 4 heterocycles. The summed E-state index contributed by atoms with van der Waals surface area (Å²) in [6, 6.07) is 14.1. The van der Waals surface area contributed by atoms with Gasteiger partial charge in [0.15, 0.2) is 5.13 Å². The smallest absolute Gasteiger partial charge is 0.253 e. The van der Waals surface area contributed by atoms with E-state index >= 15 is 0 Å². The Balaban J connectivity index is 1.54. The van der Waals surface area contributed by atoms with Crippen LogP contribution in [-0.2, 0) is 27.8 Å². The predicted octanol–water partition coefficient (Wildman–Crippen LogP) is 4.70. The molecule has 4 aromatic rings. The molecule has 0 radical (unpaired) electrons. The molecule has 7 nitrogen and oxygen atoms in total. The fourth-order valence-corrected chi connectivity index (χ4v) is 8.06. The van der Waals surface area contributed by atoms with Crippen LogP contribution in [0.5, 0.6) is 0 Å². The third kappa shape index (κ3) is 4.26. The Kier molecular flexibility index (Phi) is 6.48. The zero-order valence-electron chi connectivity index (χ0n) is 18.6. The third-order valence-electron chi connectivity index (χ3n) is 5.96. The number of aryl methyl sites for hydroxylation is 1. The average Bonchev–Trinajstić information content (AvgIpc) is 3.62. The molecule has 1 fully saturated rings. The molecule has 0 aliphatic carbocycles. The number of nitrogens with zero attached hydrogens (tertiary/aromatic N) is 4. The summed E-state index contributed by atoms with van der Waals surface area (Å²) in [5, 5.41) is 2.30. The van der Waals surface area contributed by atoms with Gasteiger partial charge in [0, 0.05) is 12.7 Å². The maximum absolute atomic E-state index is 14.0. The van der Waals surface area contributed by atoms with Gasteiger partial charge in [-0.15, -0.1) is 11.3 Å². The number of hydrogen-bond acceptors (Lipinski definition) is 7. The number of aromatic nitrogens is 2. The molecule has 0 spiro atoms. The van der Waals surface area contributed by atoms with Crippen LogP contribution in [0.2, 0.25) is 0 Å². The van der Waals surface area contributed by atoms with E-state index in [1.807, 2.05) is 36.4 Å².